The molecule has 1 aliphatic heterocycles. The zero-order chi connectivity index (χ0) is 13.3. The standard InChI is InChI=1S/C11H12F3NO2S/c12-11(13,14)8-2-1-3-10(6-8)18(17)15-5-4-9(16)7-15/h1-3,6,9,16H,4-5,7H2/t9-,18?/m1/s1. The molecule has 1 aliphatic rings. The third kappa shape index (κ3) is 2.90. The van der Waals surface area contributed by atoms with Crippen LogP contribution in [0.2, 0.25) is 0 Å². The molecule has 3 nitrogen and oxygen atoms in total. The van der Waals surface area contributed by atoms with Crippen molar-refractivity contribution in [2.24, 2.45) is 0 Å². The van der Waals surface area contributed by atoms with E-state index in [0.29, 0.717) is 13.0 Å². The number of nitrogens with zero attached hydrogens (tertiary/aromatic N) is 1. The highest BCUT2D eigenvalue weighted by Crippen LogP contribution is 2.30. The van der Waals surface area contributed by atoms with Crippen molar-refractivity contribution in [1.82, 2.24) is 4.31 Å². The van der Waals surface area contributed by atoms with Gasteiger partial charge in [-0.15, -0.1) is 0 Å². The zero-order valence-electron chi connectivity index (χ0n) is 9.35. The molecule has 0 bridgehead atoms. The van der Waals surface area contributed by atoms with Gasteiger partial charge in [0.15, 0.2) is 0 Å². The summed E-state index contributed by atoms with van der Waals surface area (Å²) in [5.41, 5.74) is -0.812. The molecule has 0 aromatic heterocycles. The summed E-state index contributed by atoms with van der Waals surface area (Å²) in [4.78, 5) is 0.110. The van der Waals surface area contributed by atoms with Crippen LogP contribution < -0.4 is 0 Å². The van der Waals surface area contributed by atoms with Crippen molar-refractivity contribution in [2.45, 2.75) is 23.6 Å². The van der Waals surface area contributed by atoms with E-state index in [4.69, 9.17) is 0 Å². The number of aliphatic hydroxyl groups is 1. The Kier molecular flexibility index (Phi) is 3.74. The zero-order valence-corrected chi connectivity index (χ0v) is 10.2. The van der Waals surface area contributed by atoms with Crippen LogP contribution in [-0.2, 0) is 17.2 Å². The van der Waals surface area contributed by atoms with Gasteiger partial charge in [-0.2, -0.15) is 13.2 Å². The highest BCUT2D eigenvalue weighted by molar-refractivity contribution is 7.82. The summed E-state index contributed by atoms with van der Waals surface area (Å²) in [6, 6.07) is 4.47. The second-order valence-corrected chi connectivity index (χ2v) is 5.59. The lowest BCUT2D eigenvalue weighted by Gasteiger charge is -2.15. The van der Waals surface area contributed by atoms with Crippen molar-refractivity contribution >= 4 is 11.0 Å². The normalized spacial score (nSPS) is 23.2. The number of β-amino-alcohol motifs (C(OH)–C–C–N with tert-alkyl or cyclic N) is 1. The summed E-state index contributed by atoms with van der Waals surface area (Å²) in [7, 11) is -1.65. The predicted molar refractivity (Wildman–Crippen MR) is 60.0 cm³/mol. The fourth-order valence-electron chi connectivity index (χ4n) is 1.79. The van der Waals surface area contributed by atoms with E-state index in [1.165, 1.54) is 16.4 Å². The van der Waals surface area contributed by atoms with Crippen LogP contribution in [-0.4, -0.2) is 32.8 Å². The maximum Gasteiger partial charge on any atom is 0.416 e. The fraction of sp³-hybridized carbons (Fsp3) is 0.455. The van der Waals surface area contributed by atoms with Gasteiger partial charge >= 0.3 is 6.18 Å². The molecule has 0 radical (unpaired) electrons. The highest BCUT2D eigenvalue weighted by atomic mass is 32.2. The molecule has 100 valence electrons. The molecule has 2 atom stereocenters. The van der Waals surface area contributed by atoms with E-state index < -0.39 is 28.8 Å². The first kappa shape index (κ1) is 13.5. The number of alkyl halides is 3. The van der Waals surface area contributed by atoms with Gasteiger partial charge in [0.05, 0.1) is 16.6 Å². The molecule has 7 heteroatoms. The lowest BCUT2D eigenvalue weighted by atomic mass is 10.2. The third-order valence-electron chi connectivity index (χ3n) is 2.72. The van der Waals surface area contributed by atoms with Crippen LogP contribution in [0.3, 0.4) is 0 Å². The Morgan fingerprint density at radius 3 is 2.67 bits per heavy atom. The quantitative estimate of drug-likeness (QED) is 0.896. The lowest BCUT2D eigenvalue weighted by Crippen LogP contribution is -2.24. The predicted octanol–water partition coefficient (Wildman–Crippen LogP) is 1.79. The van der Waals surface area contributed by atoms with Crippen LogP contribution in [0.25, 0.3) is 0 Å². The van der Waals surface area contributed by atoms with Crippen LogP contribution >= 0.6 is 0 Å². The largest absolute Gasteiger partial charge is 0.416 e. The number of halogens is 3. The van der Waals surface area contributed by atoms with Crippen LogP contribution in [0.1, 0.15) is 12.0 Å². The second-order valence-electron chi connectivity index (χ2n) is 4.11. The van der Waals surface area contributed by atoms with Crippen LogP contribution in [0.4, 0.5) is 13.2 Å². The SMILES string of the molecule is O=S(c1cccc(C(F)(F)F)c1)N1CC[C@@H](O)C1. The Bertz CT molecular complexity index is 464. The number of hydrogen-bond acceptors (Lipinski definition) is 2. The molecule has 1 fully saturated rings. The number of benzene rings is 1. The molecule has 18 heavy (non-hydrogen) atoms. The molecule has 1 aromatic rings. The van der Waals surface area contributed by atoms with E-state index in [1.807, 2.05) is 0 Å². The Morgan fingerprint density at radius 2 is 2.11 bits per heavy atom. The molecule has 0 spiro atoms. The van der Waals surface area contributed by atoms with Gasteiger partial charge in [0.2, 0.25) is 0 Å². The van der Waals surface area contributed by atoms with Gasteiger partial charge in [0.25, 0.3) is 0 Å². The van der Waals surface area contributed by atoms with Gasteiger partial charge in [0.1, 0.15) is 11.0 Å². The van der Waals surface area contributed by atoms with Crippen LogP contribution in [0, 0.1) is 0 Å². The number of rotatable bonds is 2. The monoisotopic (exact) mass is 279 g/mol. The minimum absolute atomic E-state index is 0.110. The Morgan fingerprint density at radius 1 is 1.39 bits per heavy atom. The van der Waals surface area contributed by atoms with Gasteiger partial charge in [-0.3, -0.25) is 0 Å². The van der Waals surface area contributed by atoms with Crippen molar-refractivity contribution < 1.29 is 22.5 Å². The first-order chi connectivity index (χ1) is 8.38. The van der Waals surface area contributed by atoms with Crippen molar-refractivity contribution in [1.29, 1.82) is 0 Å². The molecule has 2 rings (SSSR count). The van der Waals surface area contributed by atoms with Gasteiger partial charge in [0, 0.05) is 13.1 Å². The molecular formula is C11H12F3NO2S. The second kappa shape index (κ2) is 4.99. The first-order valence-electron chi connectivity index (χ1n) is 5.40. The van der Waals surface area contributed by atoms with E-state index in [-0.39, 0.29) is 11.4 Å². The van der Waals surface area contributed by atoms with E-state index in [0.717, 1.165) is 12.1 Å². The summed E-state index contributed by atoms with van der Waals surface area (Å²) < 4.78 is 51.1. The lowest BCUT2D eigenvalue weighted by molar-refractivity contribution is -0.137. The Hall–Kier alpha value is -0.920. The maximum absolute atomic E-state index is 12.5. The summed E-state index contributed by atoms with van der Waals surface area (Å²) in [6.07, 6.45) is -4.50. The van der Waals surface area contributed by atoms with E-state index in [2.05, 4.69) is 0 Å². The molecule has 0 saturated carbocycles. The van der Waals surface area contributed by atoms with Gasteiger partial charge in [-0.05, 0) is 24.6 Å². The average Bonchev–Trinajstić information content (AvgIpc) is 2.74. The Labute approximate surface area is 105 Å². The topological polar surface area (TPSA) is 40.5 Å². The molecular weight excluding hydrogens is 267 g/mol. The maximum atomic E-state index is 12.5. The molecule has 0 amide bonds. The molecule has 0 aliphatic carbocycles. The molecule has 1 saturated heterocycles. The minimum Gasteiger partial charge on any atom is -0.392 e. The van der Waals surface area contributed by atoms with Crippen LogP contribution in [0.15, 0.2) is 29.2 Å². The molecule has 1 heterocycles. The minimum atomic E-state index is -4.44. The van der Waals surface area contributed by atoms with E-state index in [1.54, 1.807) is 0 Å². The van der Waals surface area contributed by atoms with Crippen molar-refractivity contribution in [3.8, 4) is 0 Å². The van der Waals surface area contributed by atoms with Crippen molar-refractivity contribution in [2.75, 3.05) is 13.1 Å². The number of hydrogen-bond donors (Lipinski definition) is 1. The molecule has 1 N–H and O–H groups in total. The summed E-state index contributed by atoms with van der Waals surface area (Å²) in [5, 5.41) is 9.32. The highest BCUT2D eigenvalue weighted by Gasteiger charge is 2.32. The molecule has 1 unspecified atom stereocenters. The van der Waals surface area contributed by atoms with E-state index in [9.17, 15) is 22.5 Å². The van der Waals surface area contributed by atoms with Crippen molar-refractivity contribution in [3.63, 3.8) is 0 Å². The molecule has 1 aromatic carbocycles. The van der Waals surface area contributed by atoms with E-state index >= 15 is 0 Å². The van der Waals surface area contributed by atoms with Crippen molar-refractivity contribution in [3.05, 3.63) is 29.8 Å². The fourth-order valence-corrected chi connectivity index (χ4v) is 3.09. The third-order valence-corrected chi connectivity index (χ3v) is 4.18. The van der Waals surface area contributed by atoms with Gasteiger partial charge < -0.3 is 5.11 Å². The first-order valence-corrected chi connectivity index (χ1v) is 6.51. The smallest absolute Gasteiger partial charge is 0.392 e. The number of aliphatic hydroxyl groups excluding tert-OH is 1. The van der Waals surface area contributed by atoms with Gasteiger partial charge in [-0.25, -0.2) is 8.51 Å². The summed E-state index contributed by atoms with van der Waals surface area (Å²) in [6.45, 7) is 0.646. The summed E-state index contributed by atoms with van der Waals surface area (Å²) in [5.74, 6) is 0. The summed E-state index contributed by atoms with van der Waals surface area (Å²) >= 11 is 0. The Balaban J connectivity index is 2.21. The average molecular weight is 279 g/mol. The van der Waals surface area contributed by atoms with Gasteiger partial charge in [-0.1, -0.05) is 6.07 Å². The van der Waals surface area contributed by atoms with Crippen LogP contribution in [0.5, 0.6) is 0 Å².